The first-order valence-corrected chi connectivity index (χ1v) is 7.03. The quantitative estimate of drug-likeness (QED) is 0.776. The number of fused-ring (bicyclic) bond motifs is 1. The first kappa shape index (κ1) is 13.0. The number of carbonyl (C=O) groups excluding carboxylic acids is 1. The molecule has 0 aliphatic heterocycles. The Labute approximate surface area is 111 Å². The fraction of sp³-hybridized carbons (Fsp3) is 0.429. The maximum absolute atomic E-state index is 11.4. The third kappa shape index (κ3) is 3.29. The molecule has 0 atom stereocenters. The fourth-order valence-corrected chi connectivity index (χ4v) is 2.81. The first-order chi connectivity index (χ1) is 8.66. The Morgan fingerprint density at radius 3 is 2.78 bits per heavy atom. The lowest BCUT2D eigenvalue weighted by Gasteiger charge is -2.08. The van der Waals surface area contributed by atoms with Crippen LogP contribution < -0.4 is 0 Å². The van der Waals surface area contributed by atoms with Crippen LogP contribution in [0.2, 0.25) is 0 Å². The van der Waals surface area contributed by atoms with E-state index in [0.717, 1.165) is 24.8 Å². The highest BCUT2D eigenvalue weighted by molar-refractivity contribution is 7.18. The number of hydrogen-bond acceptors (Lipinski definition) is 3. The number of amides is 1. The number of nitrogens with zero attached hydrogens (tertiary/aromatic N) is 2. The van der Waals surface area contributed by atoms with E-state index < -0.39 is 0 Å². The molecule has 1 aromatic heterocycles. The number of thiazole rings is 1. The van der Waals surface area contributed by atoms with Gasteiger partial charge in [0.05, 0.1) is 15.2 Å². The van der Waals surface area contributed by atoms with Crippen molar-refractivity contribution in [1.82, 2.24) is 9.88 Å². The van der Waals surface area contributed by atoms with Crippen LogP contribution in [0.5, 0.6) is 0 Å². The monoisotopic (exact) mass is 262 g/mol. The minimum atomic E-state index is 0.208. The molecular weight excluding hydrogens is 244 g/mol. The van der Waals surface area contributed by atoms with E-state index in [1.54, 1.807) is 30.3 Å². The van der Waals surface area contributed by atoms with Crippen molar-refractivity contribution in [2.75, 3.05) is 14.1 Å². The van der Waals surface area contributed by atoms with E-state index in [0.29, 0.717) is 6.42 Å². The molecule has 0 saturated heterocycles. The Morgan fingerprint density at radius 2 is 2.06 bits per heavy atom. The van der Waals surface area contributed by atoms with Gasteiger partial charge in [0.1, 0.15) is 0 Å². The predicted molar refractivity (Wildman–Crippen MR) is 75.9 cm³/mol. The van der Waals surface area contributed by atoms with Gasteiger partial charge in [-0.15, -0.1) is 11.3 Å². The lowest BCUT2D eigenvalue weighted by molar-refractivity contribution is -0.128. The molecule has 0 radical (unpaired) electrons. The standard InChI is InChI=1S/C14H18N2OS/c1-16(2)14(17)10-6-5-9-13-15-11-7-3-4-8-12(11)18-13/h3-4,7-8H,5-6,9-10H2,1-2H3. The second-order valence-electron chi connectivity index (χ2n) is 4.57. The minimum absolute atomic E-state index is 0.208. The molecule has 0 bridgehead atoms. The second-order valence-corrected chi connectivity index (χ2v) is 5.69. The Balaban J connectivity index is 1.82. The molecular formula is C14H18N2OS. The summed E-state index contributed by atoms with van der Waals surface area (Å²) in [7, 11) is 3.60. The van der Waals surface area contributed by atoms with Crippen LogP contribution in [-0.4, -0.2) is 29.9 Å². The number of rotatable bonds is 5. The third-order valence-electron chi connectivity index (χ3n) is 2.87. The molecule has 1 heterocycles. The fourth-order valence-electron chi connectivity index (χ4n) is 1.80. The average Bonchev–Trinajstić information content (AvgIpc) is 2.76. The van der Waals surface area contributed by atoms with Gasteiger partial charge in [-0.1, -0.05) is 12.1 Å². The number of hydrogen-bond donors (Lipinski definition) is 0. The van der Waals surface area contributed by atoms with Crippen LogP contribution in [0.1, 0.15) is 24.3 Å². The summed E-state index contributed by atoms with van der Waals surface area (Å²) in [5.74, 6) is 0.208. The lowest BCUT2D eigenvalue weighted by Crippen LogP contribution is -2.21. The van der Waals surface area contributed by atoms with Crippen LogP contribution >= 0.6 is 11.3 Å². The molecule has 0 saturated carbocycles. The van der Waals surface area contributed by atoms with Gasteiger partial charge in [0.15, 0.2) is 0 Å². The first-order valence-electron chi connectivity index (χ1n) is 6.21. The molecule has 0 aliphatic rings. The van der Waals surface area contributed by atoms with Crippen LogP contribution in [-0.2, 0) is 11.2 Å². The highest BCUT2D eigenvalue weighted by Crippen LogP contribution is 2.22. The van der Waals surface area contributed by atoms with Crippen molar-refractivity contribution in [2.45, 2.75) is 25.7 Å². The zero-order valence-electron chi connectivity index (χ0n) is 10.8. The largest absolute Gasteiger partial charge is 0.349 e. The molecule has 1 aromatic carbocycles. The highest BCUT2D eigenvalue weighted by Gasteiger charge is 2.05. The number of para-hydroxylation sites is 1. The van der Waals surface area contributed by atoms with Crippen LogP contribution in [0.25, 0.3) is 10.2 Å². The summed E-state index contributed by atoms with van der Waals surface area (Å²) in [5.41, 5.74) is 1.09. The van der Waals surface area contributed by atoms with Crippen molar-refractivity contribution in [3.8, 4) is 0 Å². The van der Waals surface area contributed by atoms with Crippen LogP contribution in [0.3, 0.4) is 0 Å². The maximum atomic E-state index is 11.4. The topological polar surface area (TPSA) is 33.2 Å². The summed E-state index contributed by atoms with van der Waals surface area (Å²) in [6, 6.07) is 8.21. The molecule has 0 N–H and O–H groups in total. The van der Waals surface area contributed by atoms with Gasteiger partial charge >= 0.3 is 0 Å². The molecule has 0 unspecified atom stereocenters. The zero-order chi connectivity index (χ0) is 13.0. The van der Waals surface area contributed by atoms with Crippen LogP contribution in [0, 0.1) is 0 Å². The predicted octanol–water partition coefficient (Wildman–Crippen LogP) is 3.10. The summed E-state index contributed by atoms with van der Waals surface area (Å²) in [5, 5.41) is 1.17. The van der Waals surface area contributed by atoms with Crippen molar-refractivity contribution >= 4 is 27.5 Å². The van der Waals surface area contributed by atoms with Crippen molar-refractivity contribution in [2.24, 2.45) is 0 Å². The second kappa shape index (κ2) is 5.96. The van der Waals surface area contributed by atoms with E-state index in [2.05, 4.69) is 11.1 Å². The molecule has 3 nitrogen and oxygen atoms in total. The van der Waals surface area contributed by atoms with Gasteiger partial charge in [0.2, 0.25) is 5.91 Å². The number of unbranched alkanes of at least 4 members (excludes halogenated alkanes) is 1. The molecule has 2 aromatic rings. The van der Waals surface area contributed by atoms with Gasteiger partial charge in [-0.3, -0.25) is 4.79 Å². The molecule has 1 amide bonds. The van der Waals surface area contributed by atoms with Gasteiger partial charge in [-0.05, 0) is 31.4 Å². The molecule has 96 valence electrons. The summed E-state index contributed by atoms with van der Waals surface area (Å²) >= 11 is 1.76. The van der Waals surface area contributed by atoms with Gasteiger partial charge in [0, 0.05) is 20.5 Å². The van der Waals surface area contributed by atoms with Gasteiger partial charge in [-0.25, -0.2) is 4.98 Å². The van der Waals surface area contributed by atoms with Gasteiger partial charge in [0.25, 0.3) is 0 Å². The Kier molecular flexibility index (Phi) is 4.31. The number of aryl methyl sites for hydroxylation is 1. The van der Waals surface area contributed by atoms with E-state index in [9.17, 15) is 4.79 Å². The Hall–Kier alpha value is -1.42. The molecule has 0 aliphatic carbocycles. The number of aromatic nitrogens is 1. The summed E-state index contributed by atoms with van der Waals surface area (Å²) in [4.78, 5) is 17.6. The van der Waals surface area contributed by atoms with Crippen molar-refractivity contribution < 1.29 is 4.79 Å². The van der Waals surface area contributed by atoms with Crippen LogP contribution in [0.15, 0.2) is 24.3 Å². The smallest absolute Gasteiger partial charge is 0.222 e. The number of carbonyl (C=O) groups is 1. The van der Waals surface area contributed by atoms with Crippen molar-refractivity contribution in [3.63, 3.8) is 0 Å². The van der Waals surface area contributed by atoms with Gasteiger partial charge in [-0.2, -0.15) is 0 Å². The van der Waals surface area contributed by atoms with E-state index in [-0.39, 0.29) is 5.91 Å². The molecule has 4 heteroatoms. The number of benzene rings is 1. The SMILES string of the molecule is CN(C)C(=O)CCCCc1nc2ccccc2s1. The van der Waals surface area contributed by atoms with Crippen molar-refractivity contribution in [3.05, 3.63) is 29.3 Å². The Bertz CT molecular complexity index is 500. The molecule has 0 fully saturated rings. The zero-order valence-corrected chi connectivity index (χ0v) is 11.7. The van der Waals surface area contributed by atoms with E-state index in [1.165, 1.54) is 9.71 Å². The molecule has 2 rings (SSSR count). The molecule has 0 spiro atoms. The van der Waals surface area contributed by atoms with Crippen LogP contribution in [0.4, 0.5) is 0 Å². The van der Waals surface area contributed by atoms with Crippen molar-refractivity contribution in [1.29, 1.82) is 0 Å². The molecule has 18 heavy (non-hydrogen) atoms. The van der Waals surface area contributed by atoms with Gasteiger partial charge < -0.3 is 4.90 Å². The lowest BCUT2D eigenvalue weighted by atomic mass is 10.2. The minimum Gasteiger partial charge on any atom is -0.349 e. The average molecular weight is 262 g/mol. The van der Waals surface area contributed by atoms with E-state index in [4.69, 9.17) is 0 Å². The van der Waals surface area contributed by atoms with E-state index in [1.807, 2.05) is 18.2 Å². The summed E-state index contributed by atoms with van der Waals surface area (Å²) in [6.07, 6.45) is 3.57. The summed E-state index contributed by atoms with van der Waals surface area (Å²) < 4.78 is 1.25. The van der Waals surface area contributed by atoms with E-state index >= 15 is 0 Å². The normalized spacial score (nSPS) is 10.8. The Morgan fingerprint density at radius 1 is 1.28 bits per heavy atom. The highest BCUT2D eigenvalue weighted by atomic mass is 32.1. The maximum Gasteiger partial charge on any atom is 0.222 e. The third-order valence-corrected chi connectivity index (χ3v) is 3.96. The summed E-state index contributed by atoms with van der Waals surface area (Å²) in [6.45, 7) is 0.